The number of aromatic nitrogens is 1. The van der Waals surface area contributed by atoms with E-state index in [1.54, 1.807) is 32.6 Å². The molecule has 2 aromatic rings. The van der Waals surface area contributed by atoms with Crippen molar-refractivity contribution in [2.75, 3.05) is 19.6 Å². The van der Waals surface area contributed by atoms with E-state index >= 15 is 0 Å². The van der Waals surface area contributed by atoms with Crippen LogP contribution in [0.4, 0.5) is 5.88 Å². The molecule has 23 heavy (non-hydrogen) atoms. The molecule has 120 valence electrons. The second-order valence-corrected chi connectivity index (χ2v) is 4.97. The molecule has 1 heterocycles. The number of ether oxygens (including phenoxy) is 2. The molecule has 2 rings (SSSR count). The Hall–Kier alpha value is -3.01. The van der Waals surface area contributed by atoms with Crippen LogP contribution < -0.4 is 14.9 Å². The second-order valence-electron chi connectivity index (χ2n) is 4.97. The van der Waals surface area contributed by atoms with Crippen molar-refractivity contribution in [2.24, 2.45) is 5.10 Å². The summed E-state index contributed by atoms with van der Waals surface area (Å²) in [7, 11) is 3.16. The Morgan fingerprint density at radius 3 is 2.74 bits per heavy atom. The fraction of sp³-hybridized carbons (Fsp3) is 0.312. The van der Waals surface area contributed by atoms with Gasteiger partial charge in [0, 0.05) is 17.5 Å². The molecule has 0 aliphatic heterocycles. The lowest BCUT2D eigenvalue weighted by molar-refractivity contribution is 0.394. The van der Waals surface area contributed by atoms with E-state index in [2.05, 4.69) is 15.5 Å². The van der Waals surface area contributed by atoms with Crippen LogP contribution in [0.5, 0.6) is 11.5 Å². The summed E-state index contributed by atoms with van der Waals surface area (Å²) in [5.74, 6) is 2.11. The van der Waals surface area contributed by atoms with Gasteiger partial charge in [0.1, 0.15) is 17.6 Å². The summed E-state index contributed by atoms with van der Waals surface area (Å²) >= 11 is 0. The molecular weight excluding hydrogens is 296 g/mol. The van der Waals surface area contributed by atoms with Crippen molar-refractivity contribution in [3.05, 3.63) is 35.3 Å². The summed E-state index contributed by atoms with van der Waals surface area (Å²) in [5.41, 5.74) is 3.63. The Kier molecular flexibility index (Phi) is 5.20. The lowest BCUT2D eigenvalue weighted by Crippen LogP contribution is -1.95. The van der Waals surface area contributed by atoms with Crippen molar-refractivity contribution >= 4 is 12.1 Å². The normalized spacial score (nSPS) is 10.8. The maximum atomic E-state index is 9.07. The van der Waals surface area contributed by atoms with Gasteiger partial charge in [-0.25, -0.2) is 10.4 Å². The van der Waals surface area contributed by atoms with Gasteiger partial charge >= 0.3 is 0 Å². The van der Waals surface area contributed by atoms with Crippen LogP contribution in [0.2, 0.25) is 0 Å². The Labute approximate surface area is 134 Å². The van der Waals surface area contributed by atoms with Crippen LogP contribution in [0, 0.1) is 11.3 Å². The molecule has 0 saturated heterocycles. The third-order valence-electron chi connectivity index (χ3n) is 3.05. The fourth-order valence-corrected chi connectivity index (χ4v) is 1.82. The molecule has 0 fully saturated rings. The van der Waals surface area contributed by atoms with Gasteiger partial charge < -0.3 is 13.9 Å². The molecule has 0 radical (unpaired) electrons. The lowest BCUT2D eigenvalue weighted by Gasteiger charge is -2.06. The quantitative estimate of drug-likeness (QED) is 0.650. The third kappa shape index (κ3) is 3.80. The summed E-state index contributed by atoms with van der Waals surface area (Å²) < 4.78 is 15.9. The van der Waals surface area contributed by atoms with Gasteiger partial charge in [-0.1, -0.05) is 13.8 Å². The summed E-state index contributed by atoms with van der Waals surface area (Å²) in [4.78, 5) is 4.10. The molecule has 1 aromatic heterocycles. The number of methoxy groups -OCH3 is 2. The molecule has 1 aromatic carbocycles. The number of hydrogen-bond donors (Lipinski definition) is 1. The highest BCUT2D eigenvalue weighted by Crippen LogP contribution is 2.24. The summed E-state index contributed by atoms with van der Waals surface area (Å²) in [5, 5.41) is 13.1. The highest BCUT2D eigenvalue weighted by Gasteiger charge is 2.14. The predicted octanol–water partition coefficient (Wildman–Crippen LogP) is 3.13. The first kappa shape index (κ1) is 16.4. The number of anilines is 1. The smallest absolute Gasteiger partial charge is 0.252 e. The SMILES string of the molecule is COc1ccc(/C=N/Nc2oc(C(C)C)nc2C#N)c(OC)c1. The number of benzene rings is 1. The van der Waals surface area contributed by atoms with Crippen LogP contribution in [-0.4, -0.2) is 25.4 Å². The molecule has 0 unspecified atom stereocenters. The number of hydrogen-bond acceptors (Lipinski definition) is 7. The summed E-state index contributed by atoms with van der Waals surface area (Å²) in [6, 6.07) is 7.35. The van der Waals surface area contributed by atoms with Crippen LogP contribution in [0.15, 0.2) is 27.7 Å². The van der Waals surface area contributed by atoms with Crippen LogP contribution in [-0.2, 0) is 0 Å². The van der Waals surface area contributed by atoms with Gasteiger partial charge in [0.05, 0.1) is 20.4 Å². The van der Waals surface area contributed by atoms with Crippen LogP contribution in [0.25, 0.3) is 0 Å². The minimum atomic E-state index is 0.0864. The first-order valence-corrected chi connectivity index (χ1v) is 7.01. The van der Waals surface area contributed by atoms with Crippen LogP contribution in [0.3, 0.4) is 0 Å². The molecule has 0 spiro atoms. The zero-order valence-electron chi connectivity index (χ0n) is 13.5. The van der Waals surface area contributed by atoms with Crippen molar-refractivity contribution in [1.82, 2.24) is 4.98 Å². The molecule has 7 nitrogen and oxygen atoms in total. The fourth-order valence-electron chi connectivity index (χ4n) is 1.82. The summed E-state index contributed by atoms with van der Waals surface area (Å²) in [6.07, 6.45) is 1.57. The molecule has 0 amide bonds. The zero-order valence-corrected chi connectivity index (χ0v) is 13.5. The van der Waals surface area contributed by atoms with Gasteiger partial charge in [-0.15, -0.1) is 0 Å². The predicted molar refractivity (Wildman–Crippen MR) is 86.1 cm³/mol. The standard InChI is InChI=1S/C16H18N4O3/c1-10(2)15-19-13(8-17)16(23-15)20-18-9-11-5-6-12(21-3)7-14(11)22-4/h5-7,9-10,20H,1-4H3/b18-9+. The van der Waals surface area contributed by atoms with Crippen LogP contribution >= 0.6 is 0 Å². The number of nitrogens with zero attached hydrogens (tertiary/aromatic N) is 3. The van der Waals surface area contributed by atoms with Crippen molar-refractivity contribution in [3.63, 3.8) is 0 Å². The molecule has 0 bridgehead atoms. The molecule has 0 saturated carbocycles. The van der Waals surface area contributed by atoms with Gasteiger partial charge in [0.25, 0.3) is 5.88 Å². The Morgan fingerprint density at radius 1 is 1.35 bits per heavy atom. The van der Waals surface area contributed by atoms with Gasteiger partial charge in [-0.3, -0.25) is 0 Å². The molecular formula is C16H18N4O3. The van der Waals surface area contributed by atoms with Crippen LogP contribution in [0.1, 0.15) is 36.9 Å². The van der Waals surface area contributed by atoms with E-state index in [9.17, 15) is 0 Å². The van der Waals surface area contributed by atoms with Crippen molar-refractivity contribution in [3.8, 4) is 17.6 Å². The maximum absolute atomic E-state index is 9.07. The molecule has 1 N–H and O–H groups in total. The van der Waals surface area contributed by atoms with Gasteiger partial charge in [0.15, 0.2) is 0 Å². The van der Waals surface area contributed by atoms with Gasteiger partial charge in [-0.05, 0) is 12.1 Å². The third-order valence-corrected chi connectivity index (χ3v) is 3.05. The molecule has 7 heteroatoms. The van der Waals surface area contributed by atoms with Gasteiger partial charge in [0.2, 0.25) is 11.6 Å². The Bertz CT molecular complexity index is 744. The number of rotatable bonds is 6. The van der Waals surface area contributed by atoms with Gasteiger partial charge in [-0.2, -0.15) is 10.4 Å². The van der Waals surface area contributed by atoms with E-state index in [0.717, 1.165) is 5.56 Å². The van der Waals surface area contributed by atoms with E-state index in [4.69, 9.17) is 19.2 Å². The highest BCUT2D eigenvalue weighted by atomic mass is 16.5. The average Bonchev–Trinajstić information content (AvgIpc) is 2.98. The first-order chi connectivity index (χ1) is 11.1. The van der Waals surface area contributed by atoms with Crippen molar-refractivity contribution in [2.45, 2.75) is 19.8 Å². The van der Waals surface area contributed by atoms with E-state index in [1.165, 1.54) is 0 Å². The lowest BCUT2D eigenvalue weighted by atomic mass is 10.2. The number of nitriles is 1. The zero-order chi connectivity index (χ0) is 16.8. The highest BCUT2D eigenvalue weighted by molar-refractivity contribution is 5.84. The maximum Gasteiger partial charge on any atom is 0.252 e. The Balaban J connectivity index is 2.18. The molecule has 0 aliphatic rings. The van der Waals surface area contributed by atoms with E-state index in [0.29, 0.717) is 17.4 Å². The van der Waals surface area contributed by atoms with Crippen molar-refractivity contribution in [1.29, 1.82) is 5.26 Å². The number of oxazole rings is 1. The van der Waals surface area contributed by atoms with E-state index < -0.39 is 0 Å². The summed E-state index contributed by atoms with van der Waals surface area (Å²) in [6.45, 7) is 3.87. The largest absolute Gasteiger partial charge is 0.497 e. The minimum absolute atomic E-state index is 0.0864. The molecule has 0 aliphatic carbocycles. The average molecular weight is 314 g/mol. The first-order valence-electron chi connectivity index (χ1n) is 7.01. The van der Waals surface area contributed by atoms with E-state index in [-0.39, 0.29) is 17.5 Å². The molecule has 0 atom stereocenters. The minimum Gasteiger partial charge on any atom is -0.497 e. The Morgan fingerprint density at radius 2 is 2.13 bits per heavy atom. The number of nitrogens with one attached hydrogen (secondary N) is 1. The van der Waals surface area contributed by atoms with Crippen molar-refractivity contribution < 1.29 is 13.9 Å². The van der Waals surface area contributed by atoms with E-state index in [1.807, 2.05) is 26.0 Å². The number of hydrazone groups is 1. The monoisotopic (exact) mass is 314 g/mol. The second kappa shape index (κ2) is 7.31. The topological polar surface area (TPSA) is 92.7 Å².